The Labute approximate surface area is 119 Å². The third-order valence-corrected chi connectivity index (χ3v) is 2.83. The smallest absolute Gasteiger partial charge is 0.260 e. The number of rotatable bonds is 2. The van der Waals surface area contributed by atoms with Gasteiger partial charge in [0.25, 0.3) is 5.91 Å². The maximum Gasteiger partial charge on any atom is 0.260 e. The normalized spacial score (nSPS) is 10.1. The number of nitrogens with zero attached hydrogens (tertiary/aromatic N) is 3. The lowest BCUT2D eigenvalue weighted by molar-refractivity contribution is 0.102. The second-order valence-corrected chi connectivity index (χ2v) is 4.99. The van der Waals surface area contributed by atoms with Crippen molar-refractivity contribution in [2.24, 2.45) is 0 Å². The molecule has 2 heterocycles. The average molecular weight is 373 g/mol. The monoisotopic (exact) mass is 371 g/mol. The first-order valence-corrected chi connectivity index (χ1v) is 6.35. The summed E-state index contributed by atoms with van der Waals surface area (Å²) < 4.78 is 1.26. The molecule has 0 aliphatic heterocycles. The average Bonchev–Trinajstić information content (AvgIpc) is 2.35. The van der Waals surface area contributed by atoms with Crippen LogP contribution in [0.25, 0.3) is 0 Å². The van der Waals surface area contributed by atoms with Crippen LogP contribution >= 0.6 is 31.9 Å². The molecule has 0 aromatic carbocycles. The molecule has 1 amide bonds. The van der Waals surface area contributed by atoms with Gasteiger partial charge < -0.3 is 11.1 Å². The molecular weight excluding hydrogens is 366 g/mol. The van der Waals surface area contributed by atoms with Crippen molar-refractivity contribution in [3.63, 3.8) is 0 Å². The standard InChI is InChI=1S/C10H7Br2N5O/c11-5-1-6(9(13)16-2-5)10(18)17-8-4-14-7(12)3-15-8/h1-4H,(H2,13,16)(H,15,17,18). The van der Waals surface area contributed by atoms with Gasteiger partial charge in [0.15, 0.2) is 5.82 Å². The summed E-state index contributed by atoms with van der Waals surface area (Å²) in [4.78, 5) is 23.8. The number of hydrogen-bond acceptors (Lipinski definition) is 5. The van der Waals surface area contributed by atoms with Gasteiger partial charge in [-0.15, -0.1) is 0 Å². The van der Waals surface area contributed by atoms with Gasteiger partial charge in [-0.05, 0) is 37.9 Å². The lowest BCUT2D eigenvalue weighted by Crippen LogP contribution is -2.15. The number of halogens is 2. The molecule has 0 saturated carbocycles. The van der Waals surface area contributed by atoms with E-state index in [-0.39, 0.29) is 11.4 Å². The maximum absolute atomic E-state index is 11.9. The minimum atomic E-state index is -0.391. The highest BCUT2D eigenvalue weighted by Crippen LogP contribution is 2.17. The summed E-state index contributed by atoms with van der Waals surface area (Å²) in [6, 6.07) is 1.59. The van der Waals surface area contributed by atoms with E-state index in [1.807, 2.05) is 0 Å². The highest BCUT2D eigenvalue weighted by molar-refractivity contribution is 9.10. The molecule has 6 nitrogen and oxygen atoms in total. The van der Waals surface area contributed by atoms with Gasteiger partial charge >= 0.3 is 0 Å². The molecule has 0 spiro atoms. The summed E-state index contributed by atoms with van der Waals surface area (Å²) in [6.07, 6.45) is 4.44. The number of aromatic nitrogens is 3. The van der Waals surface area contributed by atoms with Gasteiger partial charge in [0.05, 0.1) is 18.0 Å². The van der Waals surface area contributed by atoms with E-state index in [1.165, 1.54) is 18.6 Å². The molecular formula is C10H7Br2N5O. The Morgan fingerprint density at radius 2 is 1.94 bits per heavy atom. The van der Waals surface area contributed by atoms with Crippen molar-refractivity contribution in [1.82, 2.24) is 15.0 Å². The van der Waals surface area contributed by atoms with Gasteiger partial charge in [-0.3, -0.25) is 4.79 Å². The molecule has 0 aliphatic carbocycles. The highest BCUT2D eigenvalue weighted by Gasteiger charge is 2.12. The van der Waals surface area contributed by atoms with Crippen LogP contribution in [-0.2, 0) is 0 Å². The van der Waals surface area contributed by atoms with Crippen LogP contribution in [0.3, 0.4) is 0 Å². The maximum atomic E-state index is 11.9. The number of nitrogens with one attached hydrogen (secondary N) is 1. The van der Waals surface area contributed by atoms with Gasteiger partial charge in [0, 0.05) is 10.7 Å². The van der Waals surface area contributed by atoms with Crippen molar-refractivity contribution in [3.8, 4) is 0 Å². The summed E-state index contributed by atoms with van der Waals surface area (Å²) in [5.74, 6) is 0.0984. The first kappa shape index (κ1) is 12.9. The Morgan fingerprint density at radius 3 is 2.61 bits per heavy atom. The predicted octanol–water partition coefficient (Wildman–Crippen LogP) is 2.23. The van der Waals surface area contributed by atoms with E-state index in [0.29, 0.717) is 14.9 Å². The molecule has 92 valence electrons. The first-order valence-electron chi connectivity index (χ1n) is 4.76. The lowest BCUT2D eigenvalue weighted by Gasteiger charge is -2.06. The van der Waals surface area contributed by atoms with Crippen LogP contribution in [0, 0.1) is 0 Å². The second-order valence-electron chi connectivity index (χ2n) is 3.26. The molecule has 0 aliphatic rings. The second kappa shape index (κ2) is 5.40. The fraction of sp³-hybridized carbons (Fsp3) is 0. The van der Waals surface area contributed by atoms with Gasteiger partial charge in [-0.1, -0.05) is 0 Å². The van der Waals surface area contributed by atoms with E-state index in [4.69, 9.17) is 5.73 Å². The highest BCUT2D eigenvalue weighted by atomic mass is 79.9. The topological polar surface area (TPSA) is 93.8 Å². The SMILES string of the molecule is Nc1ncc(Br)cc1C(=O)Nc1cnc(Br)cn1. The number of nitrogen functional groups attached to an aromatic ring is 1. The molecule has 0 saturated heterocycles. The van der Waals surface area contributed by atoms with Crippen molar-refractivity contribution in [3.05, 3.63) is 39.3 Å². The molecule has 0 atom stereocenters. The molecule has 18 heavy (non-hydrogen) atoms. The van der Waals surface area contributed by atoms with Crippen LogP contribution in [0.4, 0.5) is 11.6 Å². The molecule has 3 N–H and O–H groups in total. The number of carbonyl (C=O) groups excluding carboxylic acids is 1. The molecule has 0 unspecified atom stereocenters. The van der Waals surface area contributed by atoms with Gasteiger partial charge in [-0.2, -0.15) is 0 Å². The van der Waals surface area contributed by atoms with Crippen LogP contribution in [0.5, 0.6) is 0 Å². The molecule has 2 aromatic heterocycles. The third kappa shape index (κ3) is 3.02. The van der Waals surface area contributed by atoms with Crippen molar-refractivity contribution in [1.29, 1.82) is 0 Å². The zero-order valence-electron chi connectivity index (χ0n) is 8.89. The Balaban J connectivity index is 2.21. The largest absolute Gasteiger partial charge is 0.383 e. The van der Waals surface area contributed by atoms with E-state index in [0.717, 1.165) is 0 Å². The van der Waals surface area contributed by atoms with Crippen LogP contribution in [0.15, 0.2) is 33.7 Å². The number of amides is 1. The first-order chi connectivity index (χ1) is 8.56. The van der Waals surface area contributed by atoms with E-state index >= 15 is 0 Å². The fourth-order valence-electron chi connectivity index (χ4n) is 1.19. The minimum absolute atomic E-state index is 0.153. The zero-order valence-corrected chi connectivity index (χ0v) is 12.1. The van der Waals surface area contributed by atoms with Crippen LogP contribution in [0.1, 0.15) is 10.4 Å². The Hall–Kier alpha value is -1.54. The van der Waals surface area contributed by atoms with Crippen LogP contribution in [0.2, 0.25) is 0 Å². The summed E-state index contributed by atoms with van der Waals surface area (Å²) in [6.45, 7) is 0. The number of nitrogens with two attached hydrogens (primary N) is 1. The number of hydrogen-bond donors (Lipinski definition) is 2. The molecule has 2 rings (SSSR count). The van der Waals surface area contributed by atoms with E-state index in [1.54, 1.807) is 6.07 Å². The van der Waals surface area contributed by atoms with Crippen molar-refractivity contribution in [2.45, 2.75) is 0 Å². The molecule has 0 bridgehead atoms. The summed E-state index contributed by atoms with van der Waals surface area (Å²) >= 11 is 6.38. The van der Waals surface area contributed by atoms with Crippen molar-refractivity contribution >= 4 is 49.4 Å². The summed E-state index contributed by atoms with van der Waals surface area (Å²) in [5.41, 5.74) is 5.90. The summed E-state index contributed by atoms with van der Waals surface area (Å²) in [7, 11) is 0. The molecule has 0 radical (unpaired) electrons. The molecule has 0 fully saturated rings. The Kier molecular flexibility index (Phi) is 3.87. The lowest BCUT2D eigenvalue weighted by atomic mass is 10.2. The van der Waals surface area contributed by atoms with Gasteiger partial charge in [0.2, 0.25) is 0 Å². The number of pyridine rings is 1. The van der Waals surface area contributed by atoms with Crippen LogP contribution < -0.4 is 11.1 Å². The zero-order chi connectivity index (χ0) is 13.1. The minimum Gasteiger partial charge on any atom is -0.383 e. The fourth-order valence-corrected chi connectivity index (χ4v) is 1.73. The number of anilines is 2. The van der Waals surface area contributed by atoms with Gasteiger partial charge in [0.1, 0.15) is 10.4 Å². The number of carbonyl (C=O) groups is 1. The van der Waals surface area contributed by atoms with E-state index in [2.05, 4.69) is 52.1 Å². The third-order valence-electron chi connectivity index (χ3n) is 1.99. The summed E-state index contributed by atoms with van der Waals surface area (Å²) in [5, 5.41) is 2.58. The van der Waals surface area contributed by atoms with Crippen molar-refractivity contribution < 1.29 is 4.79 Å². The Morgan fingerprint density at radius 1 is 1.17 bits per heavy atom. The van der Waals surface area contributed by atoms with Crippen LogP contribution in [-0.4, -0.2) is 20.9 Å². The molecule has 2 aromatic rings. The molecule has 8 heteroatoms. The van der Waals surface area contributed by atoms with E-state index in [9.17, 15) is 4.79 Å². The van der Waals surface area contributed by atoms with Crippen molar-refractivity contribution in [2.75, 3.05) is 11.1 Å². The Bertz CT molecular complexity index is 587. The van der Waals surface area contributed by atoms with E-state index < -0.39 is 5.91 Å². The van der Waals surface area contributed by atoms with Gasteiger partial charge in [-0.25, -0.2) is 15.0 Å². The predicted molar refractivity (Wildman–Crippen MR) is 74.0 cm³/mol. The quantitative estimate of drug-likeness (QED) is 0.842.